The highest BCUT2D eigenvalue weighted by Gasteiger charge is 2.19. The lowest BCUT2D eigenvalue weighted by Crippen LogP contribution is -2.30. The average Bonchev–Trinajstić information content (AvgIpc) is 2.81. The molecule has 0 fully saturated rings. The van der Waals surface area contributed by atoms with Gasteiger partial charge in [-0.1, -0.05) is 54.6 Å². The monoisotopic (exact) mass is 461 g/mol. The zero-order valence-electron chi connectivity index (χ0n) is 18.9. The topological polar surface area (TPSA) is 96.0 Å². The minimum absolute atomic E-state index is 0.240. The third-order valence-corrected chi connectivity index (χ3v) is 7.11. The lowest BCUT2D eigenvalue weighted by molar-refractivity contribution is 0.579. The van der Waals surface area contributed by atoms with E-state index in [0.717, 1.165) is 22.0 Å². The van der Waals surface area contributed by atoms with Crippen LogP contribution in [0.2, 0.25) is 0 Å². The molecule has 4 aromatic rings. The first-order valence-electron chi connectivity index (χ1n) is 10.7. The first-order chi connectivity index (χ1) is 15.9. The number of benzene rings is 3. The Hall–Kier alpha value is -3.33. The van der Waals surface area contributed by atoms with Crippen LogP contribution < -0.4 is 15.4 Å². The number of rotatable bonds is 8. The van der Waals surface area contributed by atoms with Gasteiger partial charge in [0.2, 0.25) is 10.0 Å². The lowest BCUT2D eigenvalue weighted by Gasteiger charge is -2.14. The summed E-state index contributed by atoms with van der Waals surface area (Å²) in [7, 11) is -1.87. The maximum absolute atomic E-state index is 12.9. The van der Waals surface area contributed by atoms with Gasteiger partial charge in [0.1, 0.15) is 5.69 Å². The number of aromatic nitrogens is 2. The number of anilines is 2. The van der Waals surface area contributed by atoms with Gasteiger partial charge in [-0.3, -0.25) is 0 Å². The standard InChI is InChI=1S/C25H27N5O2S/c1-17-8-4-7-11-22(17)28-25-21-10-6-5-9-20(21)24(29-30-25)19-13-12-18(2)23(16-19)33(31,32)27-15-14-26-3/h4-13,16,26-27H,14-15H2,1-3H3,(H,28,30). The first kappa shape index (κ1) is 22.8. The Bertz CT molecular complexity index is 1400. The van der Waals surface area contributed by atoms with Crippen molar-refractivity contribution in [3.8, 4) is 11.3 Å². The lowest BCUT2D eigenvalue weighted by atomic mass is 10.0. The van der Waals surface area contributed by atoms with Crippen molar-refractivity contribution in [3.05, 3.63) is 77.9 Å². The molecule has 0 aliphatic heterocycles. The van der Waals surface area contributed by atoms with E-state index in [9.17, 15) is 8.42 Å². The van der Waals surface area contributed by atoms with Gasteiger partial charge in [-0.05, 0) is 44.2 Å². The molecule has 0 saturated carbocycles. The van der Waals surface area contributed by atoms with Crippen LogP contribution in [0.15, 0.2) is 71.6 Å². The second-order valence-electron chi connectivity index (χ2n) is 7.86. The molecule has 0 unspecified atom stereocenters. The molecule has 7 nitrogen and oxygen atoms in total. The molecule has 170 valence electrons. The van der Waals surface area contributed by atoms with Crippen molar-refractivity contribution >= 4 is 32.3 Å². The number of aryl methyl sites for hydroxylation is 2. The van der Waals surface area contributed by atoms with Crippen LogP contribution in [0.25, 0.3) is 22.0 Å². The Morgan fingerprint density at radius 3 is 2.30 bits per heavy atom. The van der Waals surface area contributed by atoms with E-state index in [4.69, 9.17) is 0 Å². The largest absolute Gasteiger partial charge is 0.338 e. The normalized spacial score (nSPS) is 11.6. The molecular weight excluding hydrogens is 434 g/mol. The highest BCUT2D eigenvalue weighted by Crippen LogP contribution is 2.33. The number of para-hydroxylation sites is 1. The number of fused-ring (bicyclic) bond motifs is 1. The molecule has 0 aliphatic rings. The molecule has 0 bridgehead atoms. The number of likely N-dealkylation sites (N-methyl/N-ethyl adjacent to an activating group) is 1. The smallest absolute Gasteiger partial charge is 0.240 e. The van der Waals surface area contributed by atoms with Gasteiger partial charge in [0.25, 0.3) is 0 Å². The van der Waals surface area contributed by atoms with Crippen molar-refractivity contribution in [2.45, 2.75) is 18.7 Å². The van der Waals surface area contributed by atoms with Crippen LogP contribution in [0.5, 0.6) is 0 Å². The predicted molar refractivity (Wildman–Crippen MR) is 133 cm³/mol. The second kappa shape index (κ2) is 9.66. The molecule has 33 heavy (non-hydrogen) atoms. The molecule has 0 amide bonds. The molecule has 3 aromatic carbocycles. The summed E-state index contributed by atoms with van der Waals surface area (Å²) in [6.07, 6.45) is 0. The third-order valence-electron chi connectivity index (χ3n) is 5.50. The van der Waals surface area contributed by atoms with E-state index < -0.39 is 10.0 Å². The quantitative estimate of drug-likeness (QED) is 0.341. The van der Waals surface area contributed by atoms with Crippen LogP contribution in [0.1, 0.15) is 11.1 Å². The fourth-order valence-electron chi connectivity index (χ4n) is 3.68. The highest BCUT2D eigenvalue weighted by molar-refractivity contribution is 7.89. The van der Waals surface area contributed by atoms with Crippen LogP contribution >= 0.6 is 0 Å². The van der Waals surface area contributed by atoms with E-state index in [2.05, 4.69) is 25.6 Å². The maximum atomic E-state index is 12.9. The summed E-state index contributed by atoms with van der Waals surface area (Å²) in [5.74, 6) is 0.650. The number of nitrogens with zero attached hydrogens (tertiary/aromatic N) is 2. The van der Waals surface area contributed by atoms with Gasteiger partial charge in [0.15, 0.2) is 5.82 Å². The van der Waals surface area contributed by atoms with Gasteiger partial charge >= 0.3 is 0 Å². The Morgan fingerprint density at radius 1 is 0.818 bits per heavy atom. The van der Waals surface area contributed by atoms with Crippen molar-refractivity contribution in [1.82, 2.24) is 20.2 Å². The first-order valence-corrected chi connectivity index (χ1v) is 12.2. The van der Waals surface area contributed by atoms with Crippen LogP contribution in [-0.4, -0.2) is 38.8 Å². The van der Waals surface area contributed by atoms with E-state index in [0.29, 0.717) is 35.7 Å². The summed E-state index contributed by atoms with van der Waals surface area (Å²) < 4.78 is 28.4. The van der Waals surface area contributed by atoms with Crippen molar-refractivity contribution in [2.24, 2.45) is 0 Å². The summed E-state index contributed by atoms with van der Waals surface area (Å²) in [5, 5.41) is 17.1. The third kappa shape index (κ3) is 4.88. The fourth-order valence-corrected chi connectivity index (χ4v) is 4.98. The Balaban J connectivity index is 1.78. The van der Waals surface area contributed by atoms with Crippen molar-refractivity contribution in [1.29, 1.82) is 0 Å². The Labute approximate surface area is 194 Å². The highest BCUT2D eigenvalue weighted by atomic mass is 32.2. The number of hydrogen-bond acceptors (Lipinski definition) is 6. The molecule has 0 saturated heterocycles. The SMILES string of the molecule is CNCCNS(=O)(=O)c1cc(-c2nnc(Nc3ccccc3C)c3ccccc23)ccc1C. The average molecular weight is 462 g/mol. The molecule has 0 spiro atoms. The zero-order valence-corrected chi connectivity index (χ0v) is 19.7. The fraction of sp³-hybridized carbons (Fsp3) is 0.200. The number of hydrogen-bond donors (Lipinski definition) is 3. The van der Waals surface area contributed by atoms with Crippen LogP contribution in [0.3, 0.4) is 0 Å². The summed E-state index contributed by atoms with van der Waals surface area (Å²) in [6.45, 7) is 4.68. The van der Waals surface area contributed by atoms with Crippen molar-refractivity contribution in [2.75, 3.05) is 25.5 Å². The molecule has 0 atom stereocenters. The van der Waals surface area contributed by atoms with Crippen LogP contribution in [0.4, 0.5) is 11.5 Å². The molecule has 8 heteroatoms. The summed E-state index contributed by atoms with van der Waals surface area (Å²) in [4.78, 5) is 0.240. The minimum Gasteiger partial charge on any atom is -0.338 e. The summed E-state index contributed by atoms with van der Waals surface area (Å²) in [5.41, 5.74) is 4.06. The predicted octanol–water partition coefficient (Wildman–Crippen LogP) is 4.15. The van der Waals surface area contributed by atoms with E-state index >= 15 is 0 Å². The molecular formula is C25H27N5O2S. The molecule has 4 rings (SSSR count). The van der Waals surface area contributed by atoms with Gasteiger partial charge in [-0.25, -0.2) is 13.1 Å². The van der Waals surface area contributed by atoms with E-state index in [1.165, 1.54) is 0 Å². The minimum atomic E-state index is -3.65. The molecule has 3 N–H and O–H groups in total. The maximum Gasteiger partial charge on any atom is 0.240 e. The summed E-state index contributed by atoms with van der Waals surface area (Å²) >= 11 is 0. The van der Waals surface area contributed by atoms with E-state index in [1.807, 2.05) is 61.5 Å². The Kier molecular flexibility index (Phi) is 6.69. The Morgan fingerprint density at radius 2 is 1.55 bits per heavy atom. The van der Waals surface area contributed by atoms with E-state index in [-0.39, 0.29) is 4.90 Å². The zero-order chi connectivity index (χ0) is 23.4. The van der Waals surface area contributed by atoms with Gasteiger partial charge in [0.05, 0.1) is 4.90 Å². The number of nitrogens with one attached hydrogen (secondary N) is 3. The number of sulfonamides is 1. The van der Waals surface area contributed by atoms with E-state index in [1.54, 1.807) is 26.1 Å². The van der Waals surface area contributed by atoms with Gasteiger partial charge in [-0.15, -0.1) is 10.2 Å². The summed E-state index contributed by atoms with van der Waals surface area (Å²) in [6, 6.07) is 21.2. The molecule has 0 aliphatic carbocycles. The van der Waals surface area contributed by atoms with Gasteiger partial charge in [0, 0.05) is 35.1 Å². The molecule has 0 radical (unpaired) electrons. The van der Waals surface area contributed by atoms with Gasteiger partial charge < -0.3 is 10.6 Å². The van der Waals surface area contributed by atoms with Crippen molar-refractivity contribution in [3.63, 3.8) is 0 Å². The second-order valence-corrected chi connectivity index (χ2v) is 9.60. The van der Waals surface area contributed by atoms with Gasteiger partial charge in [-0.2, -0.15) is 0 Å². The molecule has 1 aromatic heterocycles. The molecule has 1 heterocycles. The van der Waals surface area contributed by atoms with Crippen LogP contribution in [0, 0.1) is 13.8 Å². The van der Waals surface area contributed by atoms with Crippen LogP contribution in [-0.2, 0) is 10.0 Å². The van der Waals surface area contributed by atoms with Crippen molar-refractivity contribution < 1.29 is 8.42 Å².